The Bertz CT molecular complexity index is 260. The summed E-state index contributed by atoms with van der Waals surface area (Å²) in [6.45, 7) is 1.63. The minimum absolute atomic E-state index is 0.619. The summed E-state index contributed by atoms with van der Waals surface area (Å²) < 4.78 is 36.1. The van der Waals surface area contributed by atoms with Gasteiger partial charge in [-0.15, -0.1) is 0 Å². The van der Waals surface area contributed by atoms with Gasteiger partial charge in [0, 0.05) is 0 Å². The number of benzene rings is 1. The van der Waals surface area contributed by atoms with Crippen LogP contribution in [0.15, 0.2) is 18.2 Å². The lowest BCUT2D eigenvalue weighted by molar-refractivity contribution is 0.231. The van der Waals surface area contributed by atoms with E-state index in [0.717, 1.165) is 12.1 Å². The summed E-state index contributed by atoms with van der Waals surface area (Å²) in [5, 5.41) is -1.24. The molecule has 0 heterocycles. The highest BCUT2D eigenvalue weighted by Crippen LogP contribution is 2.20. The molecule has 11 heavy (non-hydrogen) atoms. The van der Waals surface area contributed by atoms with Gasteiger partial charge in [0.1, 0.15) is 5.69 Å². The van der Waals surface area contributed by atoms with Gasteiger partial charge in [-0.1, -0.05) is 15.0 Å². The largest absolute Gasteiger partial charge is 0.204 e. The molecular weight excluding hydrogens is 155 g/mol. The van der Waals surface area contributed by atoms with E-state index in [9.17, 15) is 13.4 Å². The fourth-order valence-electron chi connectivity index (χ4n) is 0.749. The van der Waals surface area contributed by atoms with E-state index in [-0.39, 0.29) is 0 Å². The molecular formula is C7H6F3N. The Morgan fingerprint density at radius 3 is 2.36 bits per heavy atom. The van der Waals surface area contributed by atoms with Crippen molar-refractivity contribution in [2.24, 2.45) is 0 Å². The SMILES string of the molecule is Cc1ccc(N(F)F)c(F)c1. The lowest BCUT2D eigenvalue weighted by atomic mass is 10.2. The molecule has 0 N–H and O–H groups in total. The predicted octanol–water partition coefficient (Wildman–Crippen LogP) is 2.71. The molecule has 1 rings (SSSR count). The number of rotatable bonds is 1. The van der Waals surface area contributed by atoms with Gasteiger partial charge in [-0.3, -0.25) is 0 Å². The summed E-state index contributed by atoms with van der Waals surface area (Å²) in [6, 6.07) is 3.51. The Labute approximate surface area is 61.9 Å². The van der Waals surface area contributed by atoms with Gasteiger partial charge in [0.25, 0.3) is 0 Å². The molecule has 0 aliphatic rings. The van der Waals surface area contributed by atoms with Crippen LogP contribution in [0.3, 0.4) is 0 Å². The Balaban J connectivity index is 3.09. The third-order valence-corrected chi connectivity index (χ3v) is 1.29. The van der Waals surface area contributed by atoms with E-state index in [2.05, 4.69) is 0 Å². The number of nitrogens with zero attached hydrogens (tertiary/aromatic N) is 1. The van der Waals surface area contributed by atoms with Gasteiger partial charge in [-0.05, 0) is 30.0 Å². The molecule has 0 saturated carbocycles. The van der Waals surface area contributed by atoms with E-state index in [1.54, 1.807) is 6.92 Å². The van der Waals surface area contributed by atoms with Crippen molar-refractivity contribution < 1.29 is 13.4 Å². The van der Waals surface area contributed by atoms with Crippen LogP contribution in [0.4, 0.5) is 19.0 Å². The Hall–Kier alpha value is -1.19. The zero-order chi connectivity index (χ0) is 8.43. The second-order valence-corrected chi connectivity index (χ2v) is 2.19. The third-order valence-electron chi connectivity index (χ3n) is 1.29. The third kappa shape index (κ3) is 1.63. The normalized spacial score (nSPS) is 9.82. The first-order valence-electron chi connectivity index (χ1n) is 2.99. The van der Waals surface area contributed by atoms with Crippen molar-refractivity contribution in [2.45, 2.75) is 6.92 Å². The van der Waals surface area contributed by atoms with E-state index in [0.29, 0.717) is 5.56 Å². The molecule has 0 bridgehead atoms. The summed E-state index contributed by atoms with van der Waals surface area (Å²) >= 11 is 0. The first-order chi connectivity index (χ1) is 5.11. The highest BCUT2D eigenvalue weighted by atomic mass is 19.4. The highest BCUT2D eigenvalue weighted by Gasteiger charge is 2.08. The van der Waals surface area contributed by atoms with E-state index in [1.807, 2.05) is 0 Å². The summed E-state index contributed by atoms with van der Waals surface area (Å²) in [4.78, 5) is 0. The molecule has 0 amide bonds. The topological polar surface area (TPSA) is 3.24 Å². The molecule has 4 heteroatoms. The van der Waals surface area contributed by atoms with Crippen molar-refractivity contribution in [1.29, 1.82) is 0 Å². The summed E-state index contributed by atoms with van der Waals surface area (Å²) in [5.74, 6) is -0.907. The van der Waals surface area contributed by atoms with Crippen LogP contribution in [0.1, 0.15) is 5.56 Å². The fourth-order valence-corrected chi connectivity index (χ4v) is 0.749. The van der Waals surface area contributed by atoms with Crippen LogP contribution >= 0.6 is 0 Å². The zero-order valence-electron chi connectivity index (χ0n) is 5.81. The average Bonchev–Trinajstić information content (AvgIpc) is 1.85. The molecule has 0 saturated heterocycles. The summed E-state index contributed by atoms with van der Waals surface area (Å²) in [7, 11) is 0. The standard InChI is InChI=1S/C7H6F3N/c1-5-2-3-7(11(9)10)6(8)4-5/h2-4H,1H3. The van der Waals surface area contributed by atoms with Crippen molar-refractivity contribution in [3.05, 3.63) is 29.6 Å². The fraction of sp³-hybridized carbons (Fsp3) is 0.143. The molecule has 0 aromatic heterocycles. The molecule has 0 spiro atoms. The first kappa shape index (κ1) is 7.91. The molecule has 0 aliphatic carbocycles. The van der Waals surface area contributed by atoms with E-state index in [4.69, 9.17) is 0 Å². The second kappa shape index (κ2) is 2.82. The minimum Gasteiger partial charge on any atom is -0.204 e. The number of halogens is 3. The summed E-state index contributed by atoms with van der Waals surface area (Å²) in [5.41, 5.74) is -0.0799. The Morgan fingerprint density at radius 1 is 1.27 bits per heavy atom. The molecule has 1 aromatic rings. The van der Waals surface area contributed by atoms with Crippen LogP contribution in [-0.4, -0.2) is 0 Å². The van der Waals surface area contributed by atoms with Gasteiger partial charge in [0.05, 0.1) is 0 Å². The molecule has 0 unspecified atom stereocenters. The van der Waals surface area contributed by atoms with Crippen LogP contribution in [-0.2, 0) is 0 Å². The van der Waals surface area contributed by atoms with Crippen LogP contribution in [0, 0.1) is 12.7 Å². The van der Waals surface area contributed by atoms with Gasteiger partial charge in [0.2, 0.25) is 0 Å². The molecule has 1 nitrogen and oxygen atoms in total. The second-order valence-electron chi connectivity index (χ2n) is 2.19. The van der Waals surface area contributed by atoms with Gasteiger partial charge >= 0.3 is 0 Å². The molecule has 1 aromatic carbocycles. The van der Waals surface area contributed by atoms with E-state index in [1.165, 1.54) is 6.07 Å². The number of hydrogen-bond acceptors (Lipinski definition) is 1. The Morgan fingerprint density at radius 2 is 1.91 bits per heavy atom. The highest BCUT2D eigenvalue weighted by molar-refractivity contribution is 5.44. The maximum atomic E-state index is 12.6. The van der Waals surface area contributed by atoms with Gasteiger partial charge < -0.3 is 0 Å². The van der Waals surface area contributed by atoms with Crippen molar-refractivity contribution >= 4 is 5.69 Å². The van der Waals surface area contributed by atoms with Crippen LogP contribution in [0.25, 0.3) is 0 Å². The number of anilines is 1. The van der Waals surface area contributed by atoms with Crippen molar-refractivity contribution in [2.75, 3.05) is 5.34 Å². The van der Waals surface area contributed by atoms with Gasteiger partial charge in [0.15, 0.2) is 5.82 Å². The van der Waals surface area contributed by atoms with Gasteiger partial charge in [-0.25, -0.2) is 4.39 Å². The number of aryl methyl sites for hydroxylation is 1. The minimum atomic E-state index is -1.24. The number of hydrogen-bond donors (Lipinski definition) is 0. The quantitative estimate of drug-likeness (QED) is 0.572. The summed E-state index contributed by atoms with van der Waals surface area (Å²) in [6.07, 6.45) is 0. The van der Waals surface area contributed by atoms with Crippen LogP contribution < -0.4 is 5.34 Å². The Kier molecular flexibility index (Phi) is 2.03. The predicted molar refractivity (Wildman–Crippen MR) is 35.8 cm³/mol. The molecule has 0 aliphatic heterocycles. The van der Waals surface area contributed by atoms with Crippen LogP contribution in [0.5, 0.6) is 0 Å². The van der Waals surface area contributed by atoms with Crippen molar-refractivity contribution in [1.82, 2.24) is 0 Å². The average molecular weight is 161 g/mol. The van der Waals surface area contributed by atoms with Crippen molar-refractivity contribution in [3.63, 3.8) is 0 Å². The first-order valence-corrected chi connectivity index (χ1v) is 2.99. The smallest absolute Gasteiger partial charge is 0.152 e. The van der Waals surface area contributed by atoms with Crippen molar-refractivity contribution in [3.8, 4) is 0 Å². The maximum Gasteiger partial charge on any atom is 0.152 e. The lowest BCUT2D eigenvalue weighted by Gasteiger charge is -2.02. The molecule has 60 valence electrons. The molecule has 0 fully saturated rings. The maximum absolute atomic E-state index is 12.6. The molecule has 0 atom stereocenters. The van der Waals surface area contributed by atoms with Gasteiger partial charge in [-0.2, -0.15) is 0 Å². The monoisotopic (exact) mass is 161 g/mol. The lowest BCUT2D eigenvalue weighted by Crippen LogP contribution is -1.98. The van der Waals surface area contributed by atoms with E-state index >= 15 is 0 Å². The molecule has 0 radical (unpaired) electrons. The van der Waals surface area contributed by atoms with Crippen LogP contribution in [0.2, 0.25) is 0 Å². The zero-order valence-corrected chi connectivity index (χ0v) is 5.81. The van der Waals surface area contributed by atoms with E-state index < -0.39 is 16.8 Å².